The zero-order valence-corrected chi connectivity index (χ0v) is 20.4. The van der Waals surface area contributed by atoms with Crippen molar-refractivity contribution in [2.75, 3.05) is 41.2 Å². The molecule has 1 aliphatic heterocycles. The van der Waals surface area contributed by atoms with E-state index in [1.54, 1.807) is 30.3 Å². The second kappa shape index (κ2) is 10.2. The van der Waals surface area contributed by atoms with Gasteiger partial charge in [0.05, 0.1) is 18.1 Å². The topological polar surface area (TPSA) is 106 Å². The van der Waals surface area contributed by atoms with Gasteiger partial charge < -0.3 is 19.7 Å². The molecule has 2 heterocycles. The lowest BCUT2D eigenvalue weighted by Gasteiger charge is -2.20. The number of ether oxygens (including phenoxy) is 2. The molecule has 1 aromatic heterocycles. The van der Waals surface area contributed by atoms with E-state index in [2.05, 4.69) is 38.8 Å². The van der Waals surface area contributed by atoms with Crippen LogP contribution in [0.15, 0.2) is 53.4 Å². The van der Waals surface area contributed by atoms with Crippen molar-refractivity contribution in [1.29, 1.82) is 0 Å². The summed E-state index contributed by atoms with van der Waals surface area (Å²) in [6.45, 7) is 8.76. The summed E-state index contributed by atoms with van der Waals surface area (Å²) >= 11 is 0. The number of rotatable bonds is 8. The highest BCUT2D eigenvalue weighted by Crippen LogP contribution is 2.32. The Morgan fingerprint density at radius 2 is 1.59 bits per heavy atom. The van der Waals surface area contributed by atoms with E-state index in [4.69, 9.17) is 9.47 Å². The average molecular weight is 484 g/mol. The number of nitrogens with one attached hydrogen (secondary N) is 2. The quantitative estimate of drug-likeness (QED) is 0.488. The molecule has 34 heavy (non-hydrogen) atoms. The molecule has 4 rings (SSSR count). The van der Waals surface area contributed by atoms with Gasteiger partial charge in [0, 0.05) is 43.0 Å². The Hall–Kier alpha value is -3.53. The van der Waals surface area contributed by atoms with Gasteiger partial charge in [0.1, 0.15) is 17.5 Å². The van der Waals surface area contributed by atoms with Crippen LogP contribution < -0.4 is 24.4 Å². The van der Waals surface area contributed by atoms with Crippen LogP contribution in [0.5, 0.6) is 11.5 Å². The summed E-state index contributed by atoms with van der Waals surface area (Å²) in [6.07, 6.45) is 0.751. The van der Waals surface area contributed by atoms with Gasteiger partial charge in [-0.25, -0.2) is 18.4 Å². The van der Waals surface area contributed by atoms with Crippen molar-refractivity contribution in [2.45, 2.75) is 32.1 Å². The third kappa shape index (κ3) is 5.51. The second-order valence-electron chi connectivity index (χ2n) is 7.80. The van der Waals surface area contributed by atoms with Crippen molar-refractivity contribution in [3.05, 3.63) is 54.4 Å². The van der Waals surface area contributed by atoms with E-state index in [9.17, 15) is 8.42 Å². The maximum absolute atomic E-state index is 12.9. The van der Waals surface area contributed by atoms with Crippen LogP contribution in [-0.4, -0.2) is 44.7 Å². The third-order valence-electron chi connectivity index (χ3n) is 5.35. The molecular weight excluding hydrogens is 454 g/mol. The predicted octanol–water partition coefficient (Wildman–Crippen LogP) is 4.34. The molecule has 1 aliphatic rings. The molecule has 0 amide bonds. The van der Waals surface area contributed by atoms with E-state index >= 15 is 0 Å². The zero-order chi connectivity index (χ0) is 24.1. The number of aryl methyl sites for hydroxylation is 1. The first-order valence-corrected chi connectivity index (χ1v) is 12.8. The Bertz CT molecular complexity index is 1240. The van der Waals surface area contributed by atoms with Crippen LogP contribution in [0, 0.1) is 6.92 Å². The van der Waals surface area contributed by atoms with Crippen molar-refractivity contribution < 1.29 is 17.9 Å². The first-order valence-electron chi connectivity index (χ1n) is 11.3. The molecule has 10 heteroatoms. The molecule has 0 saturated heterocycles. The van der Waals surface area contributed by atoms with Crippen LogP contribution in [0.25, 0.3) is 0 Å². The Kier molecular flexibility index (Phi) is 7.06. The van der Waals surface area contributed by atoms with Gasteiger partial charge in [-0.1, -0.05) is 0 Å². The molecule has 2 N–H and O–H groups in total. The monoisotopic (exact) mass is 483 g/mol. The molecule has 0 aliphatic carbocycles. The number of aromatic nitrogens is 2. The minimum absolute atomic E-state index is 0.111. The highest BCUT2D eigenvalue weighted by molar-refractivity contribution is 7.92. The Balaban J connectivity index is 1.47. The van der Waals surface area contributed by atoms with Crippen molar-refractivity contribution in [3.8, 4) is 11.5 Å². The summed E-state index contributed by atoms with van der Waals surface area (Å²) < 4.78 is 39.6. The van der Waals surface area contributed by atoms with Crippen molar-refractivity contribution in [3.63, 3.8) is 0 Å². The van der Waals surface area contributed by atoms with Crippen LogP contribution in [-0.2, 0) is 10.0 Å². The van der Waals surface area contributed by atoms with Gasteiger partial charge in [0.2, 0.25) is 0 Å². The van der Waals surface area contributed by atoms with Gasteiger partial charge in [0.25, 0.3) is 10.0 Å². The summed E-state index contributed by atoms with van der Waals surface area (Å²) in [6, 6.07) is 13.5. The lowest BCUT2D eigenvalue weighted by atomic mass is 10.3. The number of fused-ring (bicyclic) bond motifs is 1. The van der Waals surface area contributed by atoms with Gasteiger partial charge in [-0.05, 0) is 57.2 Å². The fraction of sp³-hybridized carbons (Fsp3) is 0.333. The van der Waals surface area contributed by atoms with E-state index in [0.29, 0.717) is 42.0 Å². The van der Waals surface area contributed by atoms with Gasteiger partial charge in [-0.2, -0.15) is 0 Å². The largest absolute Gasteiger partial charge is 0.490 e. The van der Waals surface area contributed by atoms with Crippen LogP contribution in [0.3, 0.4) is 0 Å². The lowest BCUT2D eigenvalue weighted by molar-refractivity contribution is 0.297. The number of benzene rings is 2. The average Bonchev–Trinajstić information content (AvgIpc) is 3.06. The smallest absolute Gasteiger partial charge is 0.262 e. The lowest BCUT2D eigenvalue weighted by Crippen LogP contribution is -2.23. The second-order valence-corrected chi connectivity index (χ2v) is 9.48. The number of sulfonamides is 1. The molecule has 0 spiro atoms. The SMILES string of the molecule is CCN(CC)c1cc(Nc2ccc(NS(=O)(=O)c3ccc4c(c3)OCCCO4)cc2)nc(C)n1. The fourth-order valence-electron chi connectivity index (χ4n) is 3.62. The molecule has 9 nitrogen and oxygen atoms in total. The van der Waals surface area contributed by atoms with Gasteiger partial charge >= 0.3 is 0 Å². The molecule has 0 fully saturated rings. The van der Waals surface area contributed by atoms with E-state index in [1.165, 1.54) is 12.1 Å². The number of hydrogen-bond donors (Lipinski definition) is 2. The molecule has 3 aromatic rings. The van der Waals surface area contributed by atoms with Crippen molar-refractivity contribution in [2.24, 2.45) is 0 Å². The van der Waals surface area contributed by atoms with E-state index < -0.39 is 10.0 Å². The van der Waals surface area contributed by atoms with Crippen LogP contribution in [0.4, 0.5) is 23.0 Å². The van der Waals surface area contributed by atoms with Crippen LogP contribution in [0.2, 0.25) is 0 Å². The molecule has 0 bridgehead atoms. The first kappa shape index (κ1) is 23.6. The number of hydrogen-bond acceptors (Lipinski definition) is 8. The van der Waals surface area contributed by atoms with Crippen LogP contribution >= 0.6 is 0 Å². The fourth-order valence-corrected chi connectivity index (χ4v) is 4.69. The minimum Gasteiger partial charge on any atom is -0.490 e. The van der Waals surface area contributed by atoms with Crippen molar-refractivity contribution in [1.82, 2.24) is 9.97 Å². The zero-order valence-electron chi connectivity index (χ0n) is 19.5. The third-order valence-corrected chi connectivity index (χ3v) is 6.73. The Morgan fingerprint density at radius 1 is 0.912 bits per heavy atom. The highest BCUT2D eigenvalue weighted by Gasteiger charge is 2.19. The molecule has 0 saturated carbocycles. The summed E-state index contributed by atoms with van der Waals surface area (Å²) in [5.74, 6) is 3.20. The van der Waals surface area contributed by atoms with Gasteiger partial charge in [-0.3, -0.25) is 4.72 Å². The summed E-state index contributed by atoms with van der Waals surface area (Å²) in [4.78, 5) is 11.2. The van der Waals surface area contributed by atoms with E-state index in [0.717, 1.165) is 31.0 Å². The molecule has 0 atom stereocenters. The standard InChI is InChI=1S/C24H29N5O4S/c1-4-29(5-2)24-16-23(25-17(3)26-24)27-18-7-9-19(10-8-18)28-34(30,31)20-11-12-21-22(15-20)33-14-6-13-32-21/h7-12,15-16,28H,4-6,13-14H2,1-3H3,(H,25,26,27). The van der Waals surface area contributed by atoms with Gasteiger partial charge in [0.15, 0.2) is 11.5 Å². The van der Waals surface area contributed by atoms with Crippen molar-refractivity contribution >= 4 is 33.0 Å². The van der Waals surface area contributed by atoms with Gasteiger partial charge in [-0.15, -0.1) is 0 Å². The maximum Gasteiger partial charge on any atom is 0.262 e. The molecular formula is C24H29N5O4S. The van der Waals surface area contributed by atoms with Crippen LogP contribution in [0.1, 0.15) is 26.1 Å². The predicted molar refractivity (Wildman–Crippen MR) is 133 cm³/mol. The minimum atomic E-state index is -3.79. The summed E-state index contributed by atoms with van der Waals surface area (Å²) in [7, 11) is -3.79. The number of anilines is 4. The summed E-state index contributed by atoms with van der Waals surface area (Å²) in [5, 5.41) is 3.26. The van der Waals surface area contributed by atoms with E-state index in [-0.39, 0.29) is 4.90 Å². The Labute approximate surface area is 200 Å². The normalized spacial score (nSPS) is 13.1. The summed E-state index contributed by atoms with van der Waals surface area (Å²) in [5.41, 5.74) is 1.22. The maximum atomic E-state index is 12.9. The molecule has 2 aromatic carbocycles. The Morgan fingerprint density at radius 3 is 2.29 bits per heavy atom. The molecule has 180 valence electrons. The van der Waals surface area contributed by atoms with E-state index in [1.807, 2.05) is 13.0 Å². The molecule has 0 radical (unpaired) electrons. The number of nitrogens with zero attached hydrogens (tertiary/aromatic N) is 3. The molecule has 0 unspecified atom stereocenters. The highest BCUT2D eigenvalue weighted by atomic mass is 32.2. The first-order chi connectivity index (χ1) is 16.4.